The molecule has 1 aromatic carbocycles. The molecule has 1 rings (SSSR count). The second kappa shape index (κ2) is 6.99. The van der Waals surface area contributed by atoms with Crippen LogP contribution in [0, 0.1) is 0 Å². The van der Waals surface area contributed by atoms with Gasteiger partial charge in [-0.2, -0.15) is 0 Å². The summed E-state index contributed by atoms with van der Waals surface area (Å²) in [7, 11) is 1.67. The lowest BCUT2D eigenvalue weighted by atomic mass is 10.1. The van der Waals surface area contributed by atoms with Gasteiger partial charge in [-0.25, -0.2) is 0 Å². The molecule has 3 nitrogen and oxygen atoms in total. The number of benzene rings is 1. The number of ether oxygens (including phenoxy) is 2. The highest BCUT2D eigenvalue weighted by atomic mass is 79.9. The van der Waals surface area contributed by atoms with Gasteiger partial charge in [0.1, 0.15) is 5.75 Å². The van der Waals surface area contributed by atoms with Crippen molar-refractivity contribution in [3.63, 3.8) is 0 Å². The van der Waals surface area contributed by atoms with Gasteiger partial charge in [0.15, 0.2) is 0 Å². The van der Waals surface area contributed by atoms with Crippen LogP contribution >= 0.6 is 15.9 Å². The van der Waals surface area contributed by atoms with Crippen molar-refractivity contribution >= 4 is 15.9 Å². The molecule has 2 atom stereocenters. The summed E-state index contributed by atoms with van der Waals surface area (Å²) in [4.78, 5) is 0. The fraction of sp³-hybridized carbons (Fsp3) is 0.538. The third-order valence-corrected chi connectivity index (χ3v) is 2.97. The van der Waals surface area contributed by atoms with Gasteiger partial charge in [-0.1, -0.05) is 15.9 Å². The number of aliphatic hydroxyl groups is 1. The number of rotatable bonds is 6. The molecule has 96 valence electrons. The highest BCUT2D eigenvalue weighted by molar-refractivity contribution is 9.10. The van der Waals surface area contributed by atoms with E-state index in [-0.39, 0.29) is 6.10 Å². The predicted molar refractivity (Wildman–Crippen MR) is 71.4 cm³/mol. The van der Waals surface area contributed by atoms with E-state index in [9.17, 15) is 5.11 Å². The zero-order valence-electron chi connectivity index (χ0n) is 10.4. The monoisotopic (exact) mass is 302 g/mol. The minimum absolute atomic E-state index is 0.0635. The van der Waals surface area contributed by atoms with E-state index in [2.05, 4.69) is 15.9 Å². The third-order valence-electron chi connectivity index (χ3n) is 2.48. The van der Waals surface area contributed by atoms with Gasteiger partial charge in [-0.3, -0.25) is 0 Å². The van der Waals surface area contributed by atoms with Crippen molar-refractivity contribution in [1.29, 1.82) is 0 Å². The summed E-state index contributed by atoms with van der Waals surface area (Å²) in [5.74, 6) is 0.729. The maximum atomic E-state index is 9.69. The first-order valence-corrected chi connectivity index (χ1v) is 6.47. The third kappa shape index (κ3) is 4.66. The molecule has 0 spiro atoms. The van der Waals surface area contributed by atoms with Crippen LogP contribution in [0.3, 0.4) is 0 Å². The molecule has 0 aliphatic rings. The van der Waals surface area contributed by atoms with Crippen molar-refractivity contribution in [2.45, 2.75) is 32.5 Å². The van der Waals surface area contributed by atoms with Gasteiger partial charge in [0.2, 0.25) is 0 Å². The highest BCUT2D eigenvalue weighted by Gasteiger charge is 2.12. The molecule has 1 N–H and O–H groups in total. The summed E-state index contributed by atoms with van der Waals surface area (Å²) in [6.45, 7) is 4.39. The Morgan fingerprint density at radius 2 is 2.06 bits per heavy atom. The Kier molecular flexibility index (Phi) is 5.95. The lowest BCUT2D eigenvalue weighted by Crippen LogP contribution is -2.15. The molecular weight excluding hydrogens is 284 g/mol. The van der Waals surface area contributed by atoms with Crippen LogP contribution in [0.5, 0.6) is 5.75 Å². The molecule has 0 aliphatic carbocycles. The van der Waals surface area contributed by atoms with E-state index in [1.165, 1.54) is 0 Å². The molecule has 0 fully saturated rings. The van der Waals surface area contributed by atoms with Crippen molar-refractivity contribution in [2.75, 3.05) is 13.7 Å². The molecule has 0 aromatic heterocycles. The second-order valence-electron chi connectivity index (χ2n) is 4.07. The first-order chi connectivity index (χ1) is 8.04. The Hall–Kier alpha value is -0.580. The summed E-state index contributed by atoms with van der Waals surface area (Å²) in [5, 5.41) is 9.69. The normalized spacial score (nSPS) is 14.4. The highest BCUT2D eigenvalue weighted by Crippen LogP contribution is 2.29. The fourth-order valence-electron chi connectivity index (χ4n) is 1.51. The van der Waals surface area contributed by atoms with Gasteiger partial charge in [0.05, 0.1) is 12.2 Å². The Morgan fingerprint density at radius 1 is 1.35 bits per heavy atom. The van der Waals surface area contributed by atoms with Crippen LogP contribution < -0.4 is 4.74 Å². The van der Waals surface area contributed by atoms with E-state index in [0.29, 0.717) is 6.61 Å². The van der Waals surface area contributed by atoms with Gasteiger partial charge >= 0.3 is 0 Å². The molecule has 17 heavy (non-hydrogen) atoms. The van der Waals surface area contributed by atoms with E-state index in [4.69, 9.17) is 9.47 Å². The summed E-state index contributed by atoms with van der Waals surface area (Å²) >= 11 is 3.39. The Labute approximate surface area is 111 Å². The first-order valence-electron chi connectivity index (χ1n) is 5.67. The maximum Gasteiger partial charge on any atom is 0.125 e. The molecule has 0 radical (unpaired) electrons. The summed E-state index contributed by atoms with van der Waals surface area (Å²) in [6.07, 6.45) is 0.344. The van der Waals surface area contributed by atoms with Crippen molar-refractivity contribution in [3.05, 3.63) is 28.2 Å². The molecule has 0 saturated heterocycles. The molecule has 4 heteroatoms. The standard InChI is InChI=1S/C13H19BrO3/c1-9(6-7-16-3)17-13-5-4-11(14)8-12(13)10(2)15/h4-5,8-10,15H,6-7H2,1-3H3. The summed E-state index contributed by atoms with van der Waals surface area (Å²) in [6, 6.07) is 5.66. The molecule has 0 amide bonds. The molecule has 0 bridgehead atoms. The number of hydrogen-bond donors (Lipinski definition) is 1. The van der Waals surface area contributed by atoms with Gasteiger partial charge in [0.25, 0.3) is 0 Å². The van der Waals surface area contributed by atoms with Crippen LogP contribution in [-0.2, 0) is 4.74 Å². The van der Waals surface area contributed by atoms with Crippen molar-refractivity contribution in [2.24, 2.45) is 0 Å². The lowest BCUT2D eigenvalue weighted by Gasteiger charge is -2.18. The second-order valence-corrected chi connectivity index (χ2v) is 4.98. The number of aliphatic hydroxyl groups excluding tert-OH is 1. The Bertz CT molecular complexity index is 353. The SMILES string of the molecule is COCCC(C)Oc1ccc(Br)cc1C(C)O. The molecule has 0 aliphatic heterocycles. The number of hydrogen-bond acceptors (Lipinski definition) is 3. The predicted octanol–water partition coefficient (Wildman–Crippen LogP) is 3.31. The topological polar surface area (TPSA) is 38.7 Å². The molecule has 2 unspecified atom stereocenters. The van der Waals surface area contributed by atoms with E-state index >= 15 is 0 Å². The zero-order chi connectivity index (χ0) is 12.8. The van der Waals surface area contributed by atoms with Crippen LogP contribution in [0.4, 0.5) is 0 Å². The largest absolute Gasteiger partial charge is 0.490 e. The van der Waals surface area contributed by atoms with Crippen LogP contribution in [-0.4, -0.2) is 24.9 Å². The molecular formula is C13H19BrO3. The average molecular weight is 303 g/mol. The summed E-state index contributed by atoms with van der Waals surface area (Å²) < 4.78 is 11.7. The van der Waals surface area contributed by atoms with Crippen LogP contribution in [0.2, 0.25) is 0 Å². The van der Waals surface area contributed by atoms with Crippen molar-refractivity contribution in [3.8, 4) is 5.75 Å². The molecule has 0 heterocycles. The van der Waals surface area contributed by atoms with E-state index in [1.54, 1.807) is 14.0 Å². The zero-order valence-corrected chi connectivity index (χ0v) is 12.0. The van der Waals surface area contributed by atoms with E-state index in [0.717, 1.165) is 22.2 Å². The summed E-state index contributed by atoms with van der Waals surface area (Å²) in [5.41, 5.74) is 0.795. The minimum Gasteiger partial charge on any atom is -0.490 e. The van der Waals surface area contributed by atoms with E-state index < -0.39 is 6.10 Å². The van der Waals surface area contributed by atoms with E-state index in [1.807, 2.05) is 25.1 Å². The maximum absolute atomic E-state index is 9.69. The quantitative estimate of drug-likeness (QED) is 0.876. The minimum atomic E-state index is -0.544. The van der Waals surface area contributed by atoms with Crippen LogP contribution in [0.15, 0.2) is 22.7 Å². The van der Waals surface area contributed by atoms with Crippen LogP contribution in [0.25, 0.3) is 0 Å². The number of methoxy groups -OCH3 is 1. The smallest absolute Gasteiger partial charge is 0.125 e. The molecule has 1 aromatic rings. The lowest BCUT2D eigenvalue weighted by molar-refractivity contribution is 0.130. The van der Waals surface area contributed by atoms with Crippen molar-refractivity contribution < 1.29 is 14.6 Å². The average Bonchev–Trinajstić information content (AvgIpc) is 2.28. The van der Waals surface area contributed by atoms with Crippen LogP contribution in [0.1, 0.15) is 31.9 Å². The van der Waals surface area contributed by atoms with Gasteiger partial charge < -0.3 is 14.6 Å². The van der Waals surface area contributed by atoms with Crippen molar-refractivity contribution in [1.82, 2.24) is 0 Å². The number of halogens is 1. The van der Waals surface area contributed by atoms with Gasteiger partial charge in [-0.15, -0.1) is 0 Å². The van der Waals surface area contributed by atoms with Gasteiger partial charge in [-0.05, 0) is 32.0 Å². The fourth-order valence-corrected chi connectivity index (χ4v) is 1.89. The Morgan fingerprint density at radius 3 is 2.65 bits per heavy atom. The Balaban J connectivity index is 2.76. The first kappa shape index (κ1) is 14.5. The molecule has 0 saturated carbocycles. The van der Waals surface area contributed by atoms with Gasteiger partial charge in [0, 0.05) is 30.2 Å².